The Morgan fingerprint density at radius 1 is 1.57 bits per heavy atom. The summed E-state index contributed by atoms with van der Waals surface area (Å²) in [5.74, 6) is -0.634. The number of benzene rings is 1. The molecule has 5 nitrogen and oxygen atoms in total. The monoisotopic (exact) mass is 308 g/mol. The molecule has 0 saturated carbocycles. The van der Waals surface area contributed by atoms with Crippen LogP contribution < -0.4 is 11.1 Å². The first-order valence-electron chi connectivity index (χ1n) is 6.40. The zero-order chi connectivity index (χ0) is 15.4. The van der Waals surface area contributed by atoms with Crippen LogP contribution in [0.15, 0.2) is 29.1 Å². The SMILES string of the molecule is CC(C(=O)Nc1ccc(F)cc1N)N(C)Cc1cscn1. The van der Waals surface area contributed by atoms with Crippen LogP contribution in [-0.2, 0) is 11.3 Å². The van der Waals surface area contributed by atoms with Gasteiger partial charge in [-0.15, -0.1) is 11.3 Å². The molecule has 2 rings (SSSR count). The second kappa shape index (κ2) is 6.64. The Morgan fingerprint density at radius 2 is 2.33 bits per heavy atom. The minimum absolute atomic E-state index is 0.203. The molecule has 0 bridgehead atoms. The van der Waals surface area contributed by atoms with Crippen LogP contribution >= 0.6 is 11.3 Å². The number of anilines is 2. The van der Waals surface area contributed by atoms with E-state index in [1.807, 2.05) is 17.3 Å². The standard InChI is InChI=1S/C14H17FN4OS/c1-9(19(2)6-11-7-21-8-17-11)14(20)18-13-4-3-10(15)5-12(13)16/h3-5,7-9H,6,16H2,1-2H3,(H,18,20). The first-order chi connectivity index (χ1) is 9.97. The van der Waals surface area contributed by atoms with Gasteiger partial charge in [-0.2, -0.15) is 0 Å². The van der Waals surface area contributed by atoms with Gasteiger partial charge in [0.25, 0.3) is 0 Å². The van der Waals surface area contributed by atoms with Crippen LogP contribution in [0.1, 0.15) is 12.6 Å². The highest BCUT2D eigenvalue weighted by Crippen LogP contribution is 2.19. The van der Waals surface area contributed by atoms with E-state index in [-0.39, 0.29) is 17.6 Å². The van der Waals surface area contributed by atoms with E-state index in [4.69, 9.17) is 5.73 Å². The van der Waals surface area contributed by atoms with Gasteiger partial charge in [0.05, 0.1) is 28.6 Å². The summed E-state index contributed by atoms with van der Waals surface area (Å²) in [7, 11) is 1.84. The Hall–Kier alpha value is -1.99. The van der Waals surface area contributed by atoms with Gasteiger partial charge in [-0.25, -0.2) is 9.37 Å². The molecule has 3 N–H and O–H groups in total. The summed E-state index contributed by atoms with van der Waals surface area (Å²) < 4.78 is 13.0. The zero-order valence-electron chi connectivity index (χ0n) is 11.8. The van der Waals surface area contributed by atoms with Gasteiger partial charge in [0.2, 0.25) is 5.91 Å². The second-order valence-electron chi connectivity index (χ2n) is 4.79. The van der Waals surface area contributed by atoms with Crippen molar-refractivity contribution in [3.63, 3.8) is 0 Å². The van der Waals surface area contributed by atoms with E-state index in [0.717, 1.165) is 5.69 Å². The van der Waals surface area contributed by atoms with Crippen LogP contribution in [0.5, 0.6) is 0 Å². The normalized spacial score (nSPS) is 12.4. The van der Waals surface area contributed by atoms with Crippen molar-refractivity contribution >= 4 is 28.6 Å². The summed E-state index contributed by atoms with van der Waals surface area (Å²) in [6.45, 7) is 2.37. The highest BCUT2D eigenvalue weighted by Gasteiger charge is 2.19. The van der Waals surface area contributed by atoms with Gasteiger partial charge in [0, 0.05) is 11.9 Å². The number of hydrogen-bond acceptors (Lipinski definition) is 5. The molecule has 0 spiro atoms. The molecule has 0 aliphatic heterocycles. The molecule has 1 heterocycles. The Bertz CT molecular complexity index is 617. The molecular weight excluding hydrogens is 291 g/mol. The Kier molecular flexibility index (Phi) is 4.87. The van der Waals surface area contributed by atoms with Gasteiger partial charge in [-0.3, -0.25) is 9.69 Å². The third kappa shape index (κ3) is 3.99. The highest BCUT2D eigenvalue weighted by molar-refractivity contribution is 7.07. The van der Waals surface area contributed by atoms with Crippen LogP contribution in [0.25, 0.3) is 0 Å². The molecule has 0 fully saturated rings. The van der Waals surface area contributed by atoms with E-state index in [9.17, 15) is 9.18 Å². The molecule has 1 aromatic carbocycles. The van der Waals surface area contributed by atoms with Crippen molar-refractivity contribution in [3.8, 4) is 0 Å². The maximum atomic E-state index is 13.0. The van der Waals surface area contributed by atoms with Crippen molar-refractivity contribution in [3.05, 3.63) is 40.6 Å². The lowest BCUT2D eigenvalue weighted by atomic mass is 10.2. The summed E-state index contributed by atoms with van der Waals surface area (Å²) in [6, 6.07) is 3.53. The van der Waals surface area contributed by atoms with Crippen LogP contribution in [0.2, 0.25) is 0 Å². The average molecular weight is 308 g/mol. The number of nitrogens with zero attached hydrogens (tertiary/aromatic N) is 2. The fourth-order valence-electron chi connectivity index (χ4n) is 1.79. The van der Waals surface area contributed by atoms with Gasteiger partial charge in [-0.05, 0) is 32.2 Å². The van der Waals surface area contributed by atoms with Crippen molar-refractivity contribution in [2.45, 2.75) is 19.5 Å². The van der Waals surface area contributed by atoms with Crippen molar-refractivity contribution in [2.24, 2.45) is 0 Å². The average Bonchev–Trinajstić information content (AvgIpc) is 2.93. The maximum Gasteiger partial charge on any atom is 0.241 e. The fraction of sp³-hybridized carbons (Fsp3) is 0.286. The molecule has 0 aliphatic rings. The molecule has 1 amide bonds. The van der Waals surface area contributed by atoms with Crippen LogP contribution in [0, 0.1) is 5.82 Å². The van der Waals surface area contributed by atoms with E-state index in [1.54, 1.807) is 12.4 Å². The zero-order valence-corrected chi connectivity index (χ0v) is 12.7. The molecule has 1 atom stereocenters. The smallest absolute Gasteiger partial charge is 0.241 e. The number of carbonyl (C=O) groups excluding carboxylic acids is 1. The van der Waals surface area contributed by atoms with E-state index >= 15 is 0 Å². The lowest BCUT2D eigenvalue weighted by Crippen LogP contribution is -2.39. The molecule has 21 heavy (non-hydrogen) atoms. The molecule has 2 aromatic rings. The molecule has 0 saturated heterocycles. The quantitative estimate of drug-likeness (QED) is 0.832. The van der Waals surface area contributed by atoms with Gasteiger partial charge >= 0.3 is 0 Å². The third-order valence-corrected chi connectivity index (χ3v) is 3.84. The third-order valence-electron chi connectivity index (χ3n) is 3.21. The summed E-state index contributed by atoms with van der Waals surface area (Å²) in [4.78, 5) is 18.3. The topological polar surface area (TPSA) is 71.2 Å². The number of aromatic nitrogens is 1. The predicted octanol–water partition coefficient (Wildman–Crippen LogP) is 2.32. The van der Waals surface area contributed by atoms with Gasteiger partial charge in [0.1, 0.15) is 5.82 Å². The number of carbonyl (C=O) groups is 1. The fourth-order valence-corrected chi connectivity index (χ4v) is 2.34. The molecule has 7 heteroatoms. The Balaban J connectivity index is 1.98. The summed E-state index contributed by atoms with van der Waals surface area (Å²) >= 11 is 1.52. The van der Waals surface area contributed by atoms with Crippen molar-refractivity contribution in [1.29, 1.82) is 0 Å². The minimum Gasteiger partial charge on any atom is -0.397 e. The van der Waals surface area contributed by atoms with Crippen LogP contribution in [0.3, 0.4) is 0 Å². The number of hydrogen-bond donors (Lipinski definition) is 2. The lowest BCUT2D eigenvalue weighted by Gasteiger charge is -2.23. The molecule has 1 unspecified atom stereocenters. The Labute approximate surface area is 126 Å². The first kappa shape index (κ1) is 15.4. The maximum absolute atomic E-state index is 13.0. The molecule has 112 valence electrons. The molecule has 0 aliphatic carbocycles. The molecule has 1 aromatic heterocycles. The molecule has 0 radical (unpaired) electrons. The minimum atomic E-state index is -0.431. The number of halogens is 1. The number of thiazole rings is 1. The molecular formula is C14H17FN4OS. The predicted molar refractivity (Wildman–Crippen MR) is 82.5 cm³/mol. The van der Waals surface area contributed by atoms with Crippen LogP contribution in [0.4, 0.5) is 15.8 Å². The number of nitrogens with two attached hydrogens (primary N) is 1. The number of likely N-dealkylation sites (N-methyl/N-ethyl adjacent to an activating group) is 1. The van der Waals surface area contributed by atoms with Gasteiger partial charge in [0.15, 0.2) is 0 Å². The largest absolute Gasteiger partial charge is 0.397 e. The van der Waals surface area contributed by atoms with Crippen LogP contribution in [-0.4, -0.2) is 28.9 Å². The number of amides is 1. The van der Waals surface area contributed by atoms with E-state index in [0.29, 0.717) is 12.2 Å². The van der Waals surface area contributed by atoms with Gasteiger partial charge in [-0.1, -0.05) is 0 Å². The number of rotatable bonds is 5. The van der Waals surface area contributed by atoms with Crippen molar-refractivity contribution in [2.75, 3.05) is 18.1 Å². The van der Waals surface area contributed by atoms with E-state index in [2.05, 4.69) is 10.3 Å². The second-order valence-corrected chi connectivity index (χ2v) is 5.51. The van der Waals surface area contributed by atoms with Crippen molar-refractivity contribution < 1.29 is 9.18 Å². The summed E-state index contributed by atoms with van der Waals surface area (Å²) in [5.41, 5.74) is 8.97. The lowest BCUT2D eigenvalue weighted by molar-refractivity contribution is -0.120. The summed E-state index contributed by atoms with van der Waals surface area (Å²) in [5, 5.41) is 4.65. The van der Waals surface area contributed by atoms with E-state index in [1.165, 1.54) is 29.5 Å². The summed E-state index contributed by atoms with van der Waals surface area (Å²) in [6.07, 6.45) is 0. The number of nitrogens with one attached hydrogen (secondary N) is 1. The van der Waals surface area contributed by atoms with E-state index < -0.39 is 5.82 Å². The number of nitrogen functional groups attached to an aromatic ring is 1. The van der Waals surface area contributed by atoms with Crippen molar-refractivity contribution in [1.82, 2.24) is 9.88 Å². The van der Waals surface area contributed by atoms with Gasteiger partial charge < -0.3 is 11.1 Å². The highest BCUT2D eigenvalue weighted by atomic mass is 32.1. The first-order valence-corrected chi connectivity index (χ1v) is 7.35. The Morgan fingerprint density at radius 3 is 2.95 bits per heavy atom.